The quantitative estimate of drug-likeness (QED) is 0.865. The fourth-order valence-electron chi connectivity index (χ4n) is 5.93. The van der Waals surface area contributed by atoms with E-state index in [0.717, 1.165) is 24.8 Å². The molecule has 4 rings (SSSR count). The van der Waals surface area contributed by atoms with Crippen LogP contribution < -0.4 is 4.74 Å². The summed E-state index contributed by atoms with van der Waals surface area (Å²) in [5, 5.41) is 20.5. The van der Waals surface area contributed by atoms with E-state index in [-0.39, 0.29) is 28.2 Å². The molecule has 3 aliphatic rings. The molecule has 0 amide bonds. The van der Waals surface area contributed by atoms with Gasteiger partial charge < -0.3 is 14.9 Å². The lowest BCUT2D eigenvalue weighted by molar-refractivity contribution is -0.121. The Kier molecular flexibility index (Phi) is 3.08. The topological polar surface area (TPSA) is 66.8 Å². The lowest BCUT2D eigenvalue weighted by Crippen LogP contribution is -2.59. The highest BCUT2D eigenvalue weighted by atomic mass is 16.5. The van der Waals surface area contributed by atoms with E-state index in [4.69, 9.17) is 4.74 Å². The van der Waals surface area contributed by atoms with Crippen molar-refractivity contribution in [2.45, 2.75) is 64.9 Å². The molecule has 24 heavy (non-hydrogen) atoms. The highest BCUT2D eigenvalue weighted by Gasteiger charge is 2.69. The number of benzene rings is 1. The summed E-state index contributed by atoms with van der Waals surface area (Å²) >= 11 is 0. The molecule has 0 spiro atoms. The summed E-state index contributed by atoms with van der Waals surface area (Å²) in [4.78, 5) is 11.8. The minimum absolute atomic E-state index is 0.0612. The summed E-state index contributed by atoms with van der Waals surface area (Å²) < 4.78 is 6.39. The van der Waals surface area contributed by atoms with Crippen molar-refractivity contribution in [2.75, 3.05) is 0 Å². The largest absolute Gasteiger partial charge is 0.507 e. The minimum atomic E-state index is -1.05. The van der Waals surface area contributed by atoms with Crippen LogP contribution in [0.15, 0.2) is 6.07 Å². The van der Waals surface area contributed by atoms with Crippen molar-refractivity contribution in [3.05, 3.63) is 22.8 Å². The summed E-state index contributed by atoms with van der Waals surface area (Å²) in [7, 11) is 0. The van der Waals surface area contributed by atoms with Gasteiger partial charge >= 0.3 is 5.97 Å². The van der Waals surface area contributed by atoms with Crippen LogP contribution in [-0.4, -0.2) is 21.8 Å². The van der Waals surface area contributed by atoms with Gasteiger partial charge in [-0.05, 0) is 49.1 Å². The second-order valence-electron chi connectivity index (χ2n) is 8.61. The summed E-state index contributed by atoms with van der Waals surface area (Å²) in [6.45, 7) is 8.69. The third-order valence-corrected chi connectivity index (χ3v) is 6.98. The van der Waals surface area contributed by atoms with Crippen LogP contribution in [0.2, 0.25) is 0 Å². The number of aromatic carboxylic acids is 1. The molecule has 4 atom stereocenters. The van der Waals surface area contributed by atoms with Crippen LogP contribution >= 0.6 is 0 Å². The molecule has 0 saturated heterocycles. The predicted octanol–water partition coefficient (Wildman–Crippen LogP) is 4.34. The van der Waals surface area contributed by atoms with Gasteiger partial charge in [-0.3, -0.25) is 0 Å². The first kappa shape index (κ1) is 15.8. The lowest BCUT2D eigenvalue weighted by Gasteiger charge is -2.62. The average Bonchev–Trinajstić information content (AvgIpc) is 2.81. The Hall–Kier alpha value is -1.71. The first-order valence-corrected chi connectivity index (χ1v) is 9.03. The maximum absolute atomic E-state index is 11.8. The fraction of sp³-hybridized carbons (Fsp3) is 0.650. The smallest absolute Gasteiger partial charge is 0.339 e. The molecule has 4 nitrogen and oxygen atoms in total. The number of carboxylic acid groups (broad SMARTS) is 1. The molecule has 1 aromatic rings. The molecular weight excluding hydrogens is 304 g/mol. The first-order chi connectivity index (χ1) is 11.2. The van der Waals surface area contributed by atoms with Gasteiger partial charge in [-0.25, -0.2) is 4.79 Å². The van der Waals surface area contributed by atoms with Crippen LogP contribution in [-0.2, 0) is 6.42 Å². The summed E-state index contributed by atoms with van der Waals surface area (Å²) in [5.74, 6) is 0.736. The van der Waals surface area contributed by atoms with Crippen LogP contribution in [0, 0.1) is 17.3 Å². The van der Waals surface area contributed by atoms with Gasteiger partial charge in [0, 0.05) is 17.4 Å². The van der Waals surface area contributed by atoms with Gasteiger partial charge in [0.1, 0.15) is 22.7 Å². The SMILES string of the molecule is CCCc1cc2c(c(O)c1C(=O)O)C1C3[C@@H](CC[C@@]3(C)O2)C1(C)C. The molecule has 2 saturated carbocycles. The van der Waals surface area contributed by atoms with Crippen LogP contribution in [0.4, 0.5) is 0 Å². The van der Waals surface area contributed by atoms with Crippen molar-refractivity contribution in [2.24, 2.45) is 17.3 Å². The van der Waals surface area contributed by atoms with Crippen molar-refractivity contribution in [3.63, 3.8) is 0 Å². The van der Waals surface area contributed by atoms with Crippen molar-refractivity contribution in [1.29, 1.82) is 0 Å². The van der Waals surface area contributed by atoms with Crippen molar-refractivity contribution in [1.82, 2.24) is 0 Å². The highest BCUT2D eigenvalue weighted by Crippen LogP contribution is 2.74. The predicted molar refractivity (Wildman–Crippen MR) is 90.8 cm³/mol. The van der Waals surface area contributed by atoms with E-state index in [9.17, 15) is 15.0 Å². The molecular formula is C20H26O4. The number of phenols is 1. The third kappa shape index (κ3) is 1.72. The number of carbonyl (C=O) groups is 1. The minimum Gasteiger partial charge on any atom is -0.507 e. The summed E-state index contributed by atoms with van der Waals surface area (Å²) in [5.41, 5.74) is 1.37. The molecule has 2 N–H and O–H groups in total. The maximum atomic E-state index is 11.8. The molecule has 0 bridgehead atoms. The Bertz CT molecular complexity index is 736. The molecule has 4 heteroatoms. The van der Waals surface area contributed by atoms with Crippen LogP contribution in [0.25, 0.3) is 0 Å². The average molecular weight is 330 g/mol. The van der Waals surface area contributed by atoms with Gasteiger partial charge in [0.25, 0.3) is 0 Å². The zero-order valence-corrected chi connectivity index (χ0v) is 14.8. The van der Waals surface area contributed by atoms with Gasteiger partial charge in [0.15, 0.2) is 0 Å². The molecule has 2 aliphatic carbocycles. The molecule has 130 valence electrons. The lowest BCUT2D eigenvalue weighted by atomic mass is 9.45. The Labute approximate surface area is 142 Å². The normalized spacial score (nSPS) is 34.8. The monoisotopic (exact) mass is 330 g/mol. The van der Waals surface area contributed by atoms with Crippen molar-refractivity contribution >= 4 is 5.97 Å². The number of hydrogen-bond donors (Lipinski definition) is 2. The molecule has 0 aromatic heterocycles. The van der Waals surface area contributed by atoms with Gasteiger partial charge in [-0.1, -0.05) is 27.2 Å². The Morgan fingerprint density at radius 2 is 2.08 bits per heavy atom. The van der Waals surface area contributed by atoms with E-state index >= 15 is 0 Å². The van der Waals surface area contributed by atoms with Gasteiger partial charge in [-0.15, -0.1) is 0 Å². The summed E-state index contributed by atoms with van der Waals surface area (Å²) in [6.07, 6.45) is 3.64. The van der Waals surface area contributed by atoms with Gasteiger partial charge in [0.2, 0.25) is 0 Å². The second-order valence-corrected chi connectivity index (χ2v) is 8.61. The number of ether oxygens (including phenoxy) is 1. The highest BCUT2D eigenvalue weighted by molar-refractivity contribution is 5.94. The van der Waals surface area contributed by atoms with Crippen LogP contribution in [0.3, 0.4) is 0 Å². The van der Waals surface area contributed by atoms with Crippen LogP contribution in [0.1, 0.15) is 74.4 Å². The standard InChI is InChI=1S/C20H26O4/c1-5-6-10-9-12-14(17(21)13(10)18(22)23)16-15-11(19(16,2)3)7-8-20(15,4)24-12/h9,11,15-16,21H,5-8H2,1-4H3,(H,22,23)/t11-,15?,16?,20-/m1/s1. The number of carboxylic acids is 1. The van der Waals surface area contributed by atoms with E-state index in [1.165, 1.54) is 0 Å². The molecule has 1 heterocycles. The van der Waals surface area contributed by atoms with Gasteiger partial charge in [-0.2, -0.15) is 0 Å². The fourth-order valence-corrected chi connectivity index (χ4v) is 5.93. The number of rotatable bonds is 3. The Balaban J connectivity index is 1.95. The zero-order chi connectivity index (χ0) is 17.4. The van der Waals surface area contributed by atoms with E-state index < -0.39 is 5.97 Å². The van der Waals surface area contributed by atoms with E-state index in [1.807, 2.05) is 13.0 Å². The molecule has 1 aliphatic heterocycles. The van der Waals surface area contributed by atoms with E-state index in [0.29, 0.717) is 29.6 Å². The number of hydrogen-bond acceptors (Lipinski definition) is 3. The van der Waals surface area contributed by atoms with E-state index in [2.05, 4.69) is 20.8 Å². The number of aryl methyl sites for hydroxylation is 1. The third-order valence-electron chi connectivity index (χ3n) is 6.98. The number of fused-ring (bicyclic) bond motifs is 2. The Morgan fingerprint density at radius 3 is 2.71 bits per heavy atom. The molecule has 1 aromatic carbocycles. The van der Waals surface area contributed by atoms with Crippen molar-refractivity contribution < 1.29 is 19.7 Å². The van der Waals surface area contributed by atoms with Crippen molar-refractivity contribution in [3.8, 4) is 11.5 Å². The second kappa shape index (κ2) is 4.68. The first-order valence-electron chi connectivity index (χ1n) is 9.03. The maximum Gasteiger partial charge on any atom is 0.339 e. The molecule has 2 fully saturated rings. The molecule has 0 radical (unpaired) electrons. The van der Waals surface area contributed by atoms with Gasteiger partial charge in [0.05, 0.1) is 0 Å². The summed E-state index contributed by atoms with van der Waals surface area (Å²) in [6, 6.07) is 1.88. The van der Waals surface area contributed by atoms with Crippen LogP contribution in [0.5, 0.6) is 11.5 Å². The number of aromatic hydroxyl groups is 1. The molecule has 2 unspecified atom stereocenters. The van der Waals surface area contributed by atoms with E-state index in [1.54, 1.807) is 0 Å². The zero-order valence-electron chi connectivity index (χ0n) is 14.8. The Morgan fingerprint density at radius 1 is 1.38 bits per heavy atom.